The average molecular weight is 381 g/mol. The number of nitrogens with zero attached hydrogens (tertiary/aromatic N) is 1. The zero-order valence-electron chi connectivity index (χ0n) is 15.5. The van der Waals surface area contributed by atoms with Crippen LogP contribution in [0.5, 0.6) is 0 Å². The molecular weight excluding hydrogens is 352 g/mol. The first kappa shape index (κ1) is 19.3. The summed E-state index contributed by atoms with van der Waals surface area (Å²) in [5.41, 5.74) is 1.18. The van der Waals surface area contributed by atoms with Crippen molar-refractivity contribution in [3.63, 3.8) is 0 Å². The van der Waals surface area contributed by atoms with Gasteiger partial charge in [0.2, 0.25) is 10.0 Å². The number of hydrogen-bond acceptors (Lipinski definition) is 4. The summed E-state index contributed by atoms with van der Waals surface area (Å²) in [6, 6.07) is 4.81. The standard InChI is InChI=1S/C19H28N2O4S/c1-14-8-9-17(26(23,24)21-10-4-3-6-15(21)2)12-18(14)19(22)20-13-16-7-5-11-25-16/h8-9,12,15-16H,3-7,10-11,13H2,1-2H3,(H,20,22). The first-order valence-electron chi connectivity index (χ1n) is 9.42. The lowest BCUT2D eigenvalue weighted by molar-refractivity contribution is 0.0857. The summed E-state index contributed by atoms with van der Waals surface area (Å²) in [4.78, 5) is 12.8. The minimum Gasteiger partial charge on any atom is -0.376 e. The van der Waals surface area contributed by atoms with Gasteiger partial charge in [-0.3, -0.25) is 4.79 Å². The van der Waals surface area contributed by atoms with Crippen molar-refractivity contribution < 1.29 is 17.9 Å². The normalized spacial score (nSPS) is 24.5. The Bertz CT molecular complexity index is 757. The van der Waals surface area contributed by atoms with E-state index < -0.39 is 10.0 Å². The number of aryl methyl sites for hydroxylation is 1. The molecule has 1 aromatic rings. The highest BCUT2D eigenvalue weighted by Gasteiger charge is 2.31. The first-order valence-corrected chi connectivity index (χ1v) is 10.9. The predicted molar refractivity (Wildman–Crippen MR) is 99.7 cm³/mol. The van der Waals surface area contributed by atoms with Crippen LogP contribution in [0.4, 0.5) is 0 Å². The lowest BCUT2D eigenvalue weighted by Crippen LogP contribution is -2.42. The quantitative estimate of drug-likeness (QED) is 0.851. The minimum atomic E-state index is -3.59. The molecule has 2 fully saturated rings. The Hall–Kier alpha value is -1.44. The van der Waals surface area contributed by atoms with Crippen LogP contribution in [0.25, 0.3) is 0 Å². The predicted octanol–water partition coefficient (Wildman–Crippen LogP) is 2.47. The molecule has 26 heavy (non-hydrogen) atoms. The number of ether oxygens (including phenoxy) is 1. The van der Waals surface area contributed by atoms with Crippen LogP contribution in [0.3, 0.4) is 0 Å². The Balaban J connectivity index is 1.78. The van der Waals surface area contributed by atoms with Gasteiger partial charge in [-0.1, -0.05) is 12.5 Å². The van der Waals surface area contributed by atoms with Gasteiger partial charge in [-0.15, -0.1) is 0 Å². The van der Waals surface area contributed by atoms with Crippen molar-refractivity contribution in [3.8, 4) is 0 Å². The molecule has 0 aromatic heterocycles. The number of benzene rings is 1. The molecule has 2 aliphatic heterocycles. The molecule has 2 heterocycles. The second kappa shape index (κ2) is 8.06. The van der Waals surface area contributed by atoms with Gasteiger partial charge in [-0.25, -0.2) is 8.42 Å². The van der Waals surface area contributed by atoms with Gasteiger partial charge in [0.1, 0.15) is 0 Å². The van der Waals surface area contributed by atoms with Crippen molar-refractivity contribution in [2.75, 3.05) is 19.7 Å². The fourth-order valence-corrected chi connectivity index (χ4v) is 5.40. The molecule has 2 unspecified atom stereocenters. The van der Waals surface area contributed by atoms with Crippen LogP contribution in [0.15, 0.2) is 23.1 Å². The van der Waals surface area contributed by atoms with Crippen molar-refractivity contribution >= 4 is 15.9 Å². The fourth-order valence-electron chi connectivity index (χ4n) is 3.68. The second-order valence-corrected chi connectivity index (χ2v) is 9.17. The molecule has 0 aliphatic carbocycles. The number of nitrogens with one attached hydrogen (secondary N) is 1. The van der Waals surface area contributed by atoms with Gasteiger partial charge in [0.25, 0.3) is 5.91 Å². The smallest absolute Gasteiger partial charge is 0.251 e. The van der Waals surface area contributed by atoms with Crippen molar-refractivity contribution in [2.24, 2.45) is 0 Å². The van der Waals surface area contributed by atoms with Crippen LogP contribution in [-0.2, 0) is 14.8 Å². The van der Waals surface area contributed by atoms with Gasteiger partial charge in [0, 0.05) is 31.3 Å². The SMILES string of the molecule is Cc1ccc(S(=O)(=O)N2CCCCC2C)cc1C(=O)NCC1CCCO1. The third-order valence-corrected chi connectivity index (χ3v) is 7.33. The molecule has 1 amide bonds. The Morgan fingerprint density at radius 3 is 2.77 bits per heavy atom. The Morgan fingerprint density at radius 1 is 1.27 bits per heavy atom. The van der Waals surface area contributed by atoms with E-state index in [-0.39, 0.29) is 22.9 Å². The maximum absolute atomic E-state index is 13.0. The lowest BCUT2D eigenvalue weighted by Gasteiger charge is -2.32. The molecule has 1 aromatic carbocycles. The molecular formula is C19H28N2O4S. The van der Waals surface area contributed by atoms with Gasteiger partial charge >= 0.3 is 0 Å². The third kappa shape index (κ3) is 4.10. The van der Waals surface area contributed by atoms with E-state index >= 15 is 0 Å². The molecule has 6 nitrogen and oxygen atoms in total. The van der Waals surface area contributed by atoms with E-state index in [1.54, 1.807) is 16.4 Å². The number of sulfonamides is 1. The molecule has 0 radical (unpaired) electrons. The van der Waals surface area contributed by atoms with Crippen LogP contribution in [0, 0.1) is 6.92 Å². The molecule has 144 valence electrons. The van der Waals surface area contributed by atoms with Gasteiger partial charge in [0.15, 0.2) is 0 Å². The number of rotatable bonds is 5. The average Bonchev–Trinajstić information content (AvgIpc) is 3.13. The van der Waals surface area contributed by atoms with E-state index in [1.807, 2.05) is 13.8 Å². The lowest BCUT2D eigenvalue weighted by atomic mass is 10.1. The molecule has 2 saturated heterocycles. The summed E-state index contributed by atoms with van der Waals surface area (Å²) in [5, 5.41) is 2.88. The van der Waals surface area contributed by atoms with Gasteiger partial charge in [-0.05, 0) is 57.2 Å². The first-order chi connectivity index (χ1) is 12.4. The van der Waals surface area contributed by atoms with Gasteiger partial charge in [-0.2, -0.15) is 4.31 Å². The van der Waals surface area contributed by atoms with Crippen molar-refractivity contribution in [1.29, 1.82) is 0 Å². The Labute approximate surface area is 156 Å². The summed E-state index contributed by atoms with van der Waals surface area (Å²) >= 11 is 0. The van der Waals surface area contributed by atoms with E-state index in [0.29, 0.717) is 18.7 Å². The number of amides is 1. The van der Waals surface area contributed by atoms with E-state index in [9.17, 15) is 13.2 Å². The van der Waals surface area contributed by atoms with Crippen LogP contribution in [-0.4, -0.2) is 50.5 Å². The zero-order chi connectivity index (χ0) is 18.7. The monoisotopic (exact) mass is 380 g/mol. The molecule has 0 spiro atoms. The summed E-state index contributed by atoms with van der Waals surface area (Å²) in [6.07, 6.45) is 4.82. The number of carbonyl (C=O) groups is 1. The molecule has 1 N–H and O–H groups in total. The minimum absolute atomic E-state index is 0.00755. The number of hydrogen-bond donors (Lipinski definition) is 1. The third-order valence-electron chi connectivity index (χ3n) is 5.32. The molecule has 0 bridgehead atoms. The van der Waals surface area contributed by atoms with Crippen LogP contribution in [0.1, 0.15) is 54.9 Å². The molecule has 0 saturated carbocycles. The maximum Gasteiger partial charge on any atom is 0.251 e. The van der Waals surface area contributed by atoms with Crippen molar-refractivity contribution in [3.05, 3.63) is 29.3 Å². The van der Waals surface area contributed by atoms with Crippen molar-refractivity contribution in [2.45, 2.75) is 63.0 Å². The van der Waals surface area contributed by atoms with Crippen LogP contribution < -0.4 is 5.32 Å². The second-order valence-electron chi connectivity index (χ2n) is 7.28. The summed E-state index contributed by atoms with van der Waals surface area (Å²) in [7, 11) is -3.59. The molecule has 2 aliphatic rings. The largest absolute Gasteiger partial charge is 0.376 e. The zero-order valence-corrected chi connectivity index (χ0v) is 16.3. The van der Waals surface area contributed by atoms with Crippen molar-refractivity contribution in [1.82, 2.24) is 9.62 Å². The Morgan fingerprint density at radius 2 is 2.08 bits per heavy atom. The summed E-state index contributed by atoms with van der Waals surface area (Å²) in [5.74, 6) is -0.248. The maximum atomic E-state index is 13.0. The molecule has 3 rings (SSSR count). The summed E-state index contributed by atoms with van der Waals surface area (Å²) < 4.78 is 33.1. The Kier molecular flexibility index (Phi) is 5.99. The summed E-state index contributed by atoms with van der Waals surface area (Å²) in [6.45, 7) is 5.50. The van der Waals surface area contributed by atoms with Gasteiger partial charge in [0.05, 0.1) is 11.0 Å². The fraction of sp³-hybridized carbons (Fsp3) is 0.632. The highest BCUT2D eigenvalue weighted by molar-refractivity contribution is 7.89. The van der Waals surface area contributed by atoms with E-state index in [1.165, 1.54) is 6.07 Å². The number of carbonyl (C=O) groups excluding carboxylic acids is 1. The highest BCUT2D eigenvalue weighted by Crippen LogP contribution is 2.26. The topological polar surface area (TPSA) is 75.7 Å². The van der Waals surface area contributed by atoms with Crippen LogP contribution in [0.2, 0.25) is 0 Å². The molecule has 7 heteroatoms. The van der Waals surface area contributed by atoms with E-state index in [2.05, 4.69) is 5.32 Å². The highest BCUT2D eigenvalue weighted by atomic mass is 32.2. The van der Waals surface area contributed by atoms with Crippen LogP contribution >= 0.6 is 0 Å². The number of piperidine rings is 1. The van der Waals surface area contributed by atoms with E-state index in [0.717, 1.165) is 44.3 Å². The molecule has 2 atom stereocenters. The van der Waals surface area contributed by atoms with Gasteiger partial charge < -0.3 is 10.1 Å². The van der Waals surface area contributed by atoms with E-state index in [4.69, 9.17) is 4.74 Å².